The van der Waals surface area contributed by atoms with Crippen molar-refractivity contribution >= 4 is 5.91 Å². The lowest BCUT2D eigenvalue weighted by atomic mass is 10.0. The van der Waals surface area contributed by atoms with Gasteiger partial charge in [-0.15, -0.1) is 0 Å². The van der Waals surface area contributed by atoms with Crippen molar-refractivity contribution in [3.63, 3.8) is 0 Å². The Hall–Kier alpha value is -1.42. The predicted molar refractivity (Wildman–Crippen MR) is 66.6 cm³/mol. The molecule has 1 fully saturated rings. The molecule has 0 saturated carbocycles. The molecule has 2 unspecified atom stereocenters. The molecule has 2 heterocycles. The van der Waals surface area contributed by atoms with E-state index in [1.54, 1.807) is 18.5 Å². The van der Waals surface area contributed by atoms with Gasteiger partial charge >= 0.3 is 0 Å². The summed E-state index contributed by atoms with van der Waals surface area (Å²) in [4.78, 5) is 18.2. The number of aryl methyl sites for hydroxylation is 1. The van der Waals surface area contributed by atoms with Gasteiger partial charge in [0.2, 0.25) is 0 Å². The number of carbonyl (C=O) groups excluding carboxylic acids is 1. The van der Waals surface area contributed by atoms with E-state index >= 15 is 0 Å². The standard InChI is InChI=1S/C13H19N3O/c1-9-7-15-5-3-12(9)13(17)16-6-4-11(8-16)10(2)14/h3,5,7,10-11H,4,6,8,14H2,1-2H3. The summed E-state index contributed by atoms with van der Waals surface area (Å²) in [6, 6.07) is 1.95. The number of hydrogen-bond donors (Lipinski definition) is 1. The number of rotatable bonds is 2. The fourth-order valence-electron chi connectivity index (χ4n) is 2.28. The van der Waals surface area contributed by atoms with Gasteiger partial charge in [0.05, 0.1) is 0 Å². The molecule has 1 aromatic heterocycles. The van der Waals surface area contributed by atoms with E-state index in [2.05, 4.69) is 4.98 Å². The van der Waals surface area contributed by atoms with Crippen LogP contribution in [0.4, 0.5) is 0 Å². The molecule has 17 heavy (non-hydrogen) atoms. The van der Waals surface area contributed by atoms with Gasteiger partial charge in [-0.1, -0.05) is 0 Å². The number of pyridine rings is 1. The smallest absolute Gasteiger partial charge is 0.254 e. The topological polar surface area (TPSA) is 59.2 Å². The van der Waals surface area contributed by atoms with Gasteiger partial charge in [-0.25, -0.2) is 0 Å². The maximum absolute atomic E-state index is 12.3. The van der Waals surface area contributed by atoms with Crippen LogP contribution in [0, 0.1) is 12.8 Å². The highest BCUT2D eigenvalue weighted by atomic mass is 16.2. The molecule has 2 N–H and O–H groups in total. The summed E-state index contributed by atoms with van der Waals surface area (Å²) in [6.45, 7) is 5.51. The van der Waals surface area contributed by atoms with Crippen LogP contribution in [0.1, 0.15) is 29.3 Å². The molecule has 0 bridgehead atoms. The summed E-state index contributed by atoms with van der Waals surface area (Å²) < 4.78 is 0. The van der Waals surface area contributed by atoms with Crippen LogP contribution in [0.15, 0.2) is 18.5 Å². The molecular formula is C13H19N3O. The third-order valence-corrected chi connectivity index (χ3v) is 3.51. The van der Waals surface area contributed by atoms with E-state index in [4.69, 9.17) is 5.73 Å². The van der Waals surface area contributed by atoms with Crippen molar-refractivity contribution in [1.82, 2.24) is 9.88 Å². The van der Waals surface area contributed by atoms with E-state index in [1.165, 1.54) is 0 Å². The summed E-state index contributed by atoms with van der Waals surface area (Å²) in [7, 11) is 0. The van der Waals surface area contributed by atoms with Crippen molar-refractivity contribution in [2.45, 2.75) is 26.3 Å². The van der Waals surface area contributed by atoms with Gasteiger partial charge in [0.1, 0.15) is 0 Å². The second-order valence-corrected chi connectivity index (χ2v) is 4.85. The van der Waals surface area contributed by atoms with Gasteiger partial charge < -0.3 is 10.6 Å². The first kappa shape index (κ1) is 12.0. The van der Waals surface area contributed by atoms with Crippen molar-refractivity contribution in [2.24, 2.45) is 11.7 Å². The molecule has 1 aliphatic heterocycles. The van der Waals surface area contributed by atoms with Crippen LogP contribution in [0.3, 0.4) is 0 Å². The maximum atomic E-state index is 12.3. The molecular weight excluding hydrogens is 214 g/mol. The van der Waals surface area contributed by atoms with Crippen LogP contribution >= 0.6 is 0 Å². The minimum Gasteiger partial charge on any atom is -0.338 e. The summed E-state index contributed by atoms with van der Waals surface area (Å²) in [5.41, 5.74) is 7.57. The lowest BCUT2D eigenvalue weighted by Crippen LogP contribution is -2.33. The van der Waals surface area contributed by atoms with Gasteiger partial charge in [-0.3, -0.25) is 9.78 Å². The van der Waals surface area contributed by atoms with Crippen LogP contribution in [0.5, 0.6) is 0 Å². The van der Waals surface area contributed by atoms with Gasteiger partial charge in [-0.2, -0.15) is 0 Å². The number of aromatic nitrogens is 1. The zero-order chi connectivity index (χ0) is 12.4. The average Bonchev–Trinajstić information content (AvgIpc) is 2.78. The Morgan fingerprint density at radius 1 is 1.65 bits per heavy atom. The quantitative estimate of drug-likeness (QED) is 0.835. The first-order valence-electron chi connectivity index (χ1n) is 6.05. The fourth-order valence-corrected chi connectivity index (χ4v) is 2.28. The van der Waals surface area contributed by atoms with Crippen molar-refractivity contribution < 1.29 is 4.79 Å². The zero-order valence-corrected chi connectivity index (χ0v) is 10.4. The van der Waals surface area contributed by atoms with E-state index in [-0.39, 0.29) is 11.9 Å². The van der Waals surface area contributed by atoms with Crippen molar-refractivity contribution in [3.05, 3.63) is 29.6 Å². The largest absolute Gasteiger partial charge is 0.338 e. The molecule has 2 atom stereocenters. The van der Waals surface area contributed by atoms with Crippen molar-refractivity contribution in [2.75, 3.05) is 13.1 Å². The summed E-state index contributed by atoms with van der Waals surface area (Å²) >= 11 is 0. The highest BCUT2D eigenvalue weighted by molar-refractivity contribution is 5.95. The van der Waals surface area contributed by atoms with Crippen molar-refractivity contribution in [1.29, 1.82) is 0 Å². The normalized spacial score (nSPS) is 21.6. The van der Waals surface area contributed by atoms with Crippen LogP contribution in [-0.4, -0.2) is 34.9 Å². The summed E-state index contributed by atoms with van der Waals surface area (Å²) in [5, 5.41) is 0. The minimum absolute atomic E-state index is 0.105. The summed E-state index contributed by atoms with van der Waals surface area (Å²) in [5.74, 6) is 0.536. The Morgan fingerprint density at radius 2 is 2.41 bits per heavy atom. The molecule has 0 radical (unpaired) electrons. The molecule has 1 amide bonds. The number of carbonyl (C=O) groups is 1. The van der Waals surface area contributed by atoms with E-state index in [0.717, 1.165) is 30.6 Å². The number of nitrogens with zero attached hydrogens (tertiary/aromatic N) is 2. The number of amides is 1. The van der Waals surface area contributed by atoms with E-state index in [0.29, 0.717) is 5.92 Å². The Kier molecular flexibility index (Phi) is 3.43. The molecule has 1 saturated heterocycles. The van der Waals surface area contributed by atoms with E-state index in [1.807, 2.05) is 18.7 Å². The van der Waals surface area contributed by atoms with Gasteiger partial charge in [0.25, 0.3) is 5.91 Å². The second kappa shape index (κ2) is 4.84. The van der Waals surface area contributed by atoms with Crippen molar-refractivity contribution in [3.8, 4) is 0 Å². The van der Waals surface area contributed by atoms with Crippen LogP contribution in [0.25, 0.3) is 0 Å². The molecule has 92 valence electrons. The number of likely N-dealkylation sites (tertiary alicyclic amines) is 1. The predicted octanol–water partition coefficient (Wildman–Crippen LogP) is 1.20. The van der Waals surface area contributed by atoms with Crippen LogP contribution < -0.4 is 5.73 Å². The molecule has 0 aromatic carbocycles. The number of nitrogens with two attached hydrogens (primary N) is 1. The number of hydrogen-bond acceptors (Lipinski definition) is 3. The van der Waals surface area contributed by atoms with Crippen LogP contribution in [-0.2, 0) is 0 Å². The Bertz CT molecular complexity index is 417. The first-order chi connectivity index (χ1) is 8.09. The lowest BCUT2D eigenvalue weighted by Gasteiger charge is -2.18. The lowest BCUT2D eigenvalue weighted by molar-refractivity contribution is 0.0785. The SMILES string of the molecule is Cc1cnccc1C(=O)N1CCC(C(C)N)C1. The molecule has 0 aliphatic carbocycles. The highest BCUT2D eigenvalue weighted by Gasteiger charge is 2.29. The fraction of sp³-hybridized carbons (Fsp3) is 0.538. The van der Waals surface area contributed by atoms with Crippen LogP contribution in [0.2, 0.25) is 0 Å². The van der Waals surface area contributed by atoms with E-state index < -0.39 is 0 Å². The molecule has 1 aliphatic rings. The van der Waals surface area contributed by atoms with E-state index in [9.17, 15) is 4.79 Å². The monoisotopic (exact) mass is 233 g/mol. The maximum Gasteiger partial charge on any atom is 0.254 e. The Labute approximate surface area is 102 Å². The third-order valence-electron chi connectivity index (χ3n) is 3.51. The highest BCUT2D eigenvalue weighted by Crippen LogP contribution is 2.21. The molecule has 1 aromatic rings. The molecule has 4 heteroatoms. The zero-order valence-electron chi connectivity index (χ0n) is 10.4. The van der Waals surface area contributed by atoms with Gasteiger partial charge in [-0.05, 0) is 37.8 Å². The molecule has 0 spiro atoms. The Balaban J connectivity index is 2.10. The third kappa shape index (κ3) is 2.47. The molecule has 2 rings (SSSR count). The van der Waals surface area contributed by atoms with Gasteiger partial charge in [0, 0.05) is 37.1 Å². The second-order valence-electron chi connectivity index (χ2n) is 4.85. The van der Waals surface area contributed by atoms with Gasteiger partial charge in [0.15, 0.2) is 0 Å². The molecule has 4 nitrogen and oxygen atoms in total. The first-order valence-corrected chi connectivity index (χ1v) is 6.05. The minimum atomic E-state index is 0.105. The Morgan fingerprint density at radius 3 is 3.00 bits per heavy atom. The average molecular weight is 233 g/mol. The summed E-state index contributed by atoms with van der Waals surface area (Å²) in [6.07, 6.45) is 4.40.